The fourth-order valence-corrected chi connectivity index (χ4v) is 2.52. The summed E-state index contributed by atoms with van der Waals surface area (Å²) in [5.74, 6) is 0.918. The number of fused-ring (bicyclic) bond motifs is 1. The van der Waals surface area contributed by atoms with Gasteiger partial charge < -0.3 is 14.6 Å². The Labute approximate surface area is 124 Å². The molecule has 0 saturated heterocycles. The zero-order valence-corrected chi connectivity index (χ0v) is 12.0. The van der Waals surface area contributed by atoms with E-state index in [1.165, 1.54) is 5.56 Å². The highest BCUT2D eigenvalue weighted by Gasteiger charge is 2.21. The van der Waals surface area contributed by atoms with Crippen LogP contribution in [0.4, 0.5) is 0 Å². The van der Waals surface area contributed by atoms with Crippen molar-refractivity contribution in [2.45, 2.75) is 31.9 Å². The van der Waals surface area contributed by atoms with Crippen LogP contribution in [0.3, 0.4) is 0 Å². The molecule has 0 unspecified atom stereocenters. The van der Waals surface area contributed by atoms with Gasteiger partial charge in [-0.05, 0) is 31.4 Å². The number of carbonyl (C=O) groups excluding carboxylic acids is 1. The molecule has 2 atom stereocenters. The summed E-state index contributed by atoms with van der Waals surface area (Å²) in [4.78, 5) is 16.1. The van der Waals surface area contributed by atoms with Crippen molar-refractivity contribution in [1.82, 2.24) is 14.9 Å². The number of hydrogen-bond donors (Lipinski definition) is 1. The quantitative estimate of drug-likeness (QED) is 0.934. The standard InChI is InChI=1S/C16H19N3O2/c1-12(19-9-8-17-11-19)16(20)18-10-14-7-6-13-4-2-3-5-15(13)21-14/h2-5,8-9,11-12,14H,6-7,10H2,1H3,(H,18,20)/t12-,14+/m0/s1. The highest BCUT2D eigenvalue weighted by Crippen LogP contribution is 2.26. The minimum absolute atomic E-state index is 0.0181. The number of aromatic nitrogens is 2. The van der Waals surface area contributed by atoms with Gasteiger partial charge in [0.15, 0.2) is 0 Å². The molecule has 5 nitrogen and oxygen atoms in total. The lowest BCUT2D eigenvalue weighted by atomic mass is 10.0. The van der Waals surface area contributed by atoms with Crippen LogP contribution in [0.1, 0.15) is 24.9 Å². The number of para-hydroxylation sites is 1. The van der Waals surface area contributed by atoms with E-state index in [1.54, 1.807) is 23.3 Å². The van der Waals surface area contributed by atoms with E-state index in [0.717, 1.165) is 18.6 Å². The fourth-order valence-electron chi connectivity index (χ4n) is 2.52. The first-order chi connectivity index (χ1) is 10.2. The minimum atomic E-state index is -0.261. The Morgan fingerprint density at radius 1 is 1.52 bits per heavy atom. The molecule has 0 fully saturated rings. The first-order valence-corrected chi connectivity index (χ1v) is 7.24. The van der Waals surface area contributed by atoms with E-state index in [4.69, 9.17) is 4.74 Å². The number of carbonyl (C=O) groups is 1. The maximum atomic E-state index is 12.1. The van der Waals surface area contributed by atoms with Crippen molar-refractivity contribution in [3.63, 3.8) is 0 Å². The number of ether oxygens (including phenoxy) is 1. The first-order valence-electron chi connectivity index (χ1n) is 7.24. The molecule has 0 aliphatic carbocycles. The summed E-state index contributed by atoms with van der Waals surface area (Å²) in [5.41, 5.74) is 1.24. The molecule has 110 valence electrons. The Bertz CT molecular complexity index is 610. The minimum Gasteiger partial charge on any atom is -0.488 e. The number of imidazole rings is 1. The summed E-state index contributed by atoms with van der Waals surface area (Å²) < 4.78 is 7.70. The second-order valence-electron chi connectivity index (χ2n) is 5.32. The van der Waals surface area contributed by atoms with E-state index in [9.17, 15) is 4.79 Å². The van der Waals surface area contributed by atoms with Gasteiger partial charge in [-0.25, -0.2) is 4.98 Å². The molecule has 0 bridgehead atoms. The number of nitrogens with one attached hydrogen (secondary N) is 1. The summed E-state index contributed by atoms with van der Waals surface area (Å²) in [5, 5.41) is 2.96. The Balaban J connectivity index is 1.53. The van der Waals surface area contributed by atoms with Gasteiger partial charge in [0.1, 0.15) is 17.9 Å². The van der Waals surface area contributed by atoms with Gasteiger partial charge in [-0.2, -0.15) is 0 Å². The molecule has 1 aliphatic rings. The number of benzene rings is 1. The highest BCUT2D eigenvalue weighted by atomic mass is 16.5. The molecule has 1 amide bonds. The van der Waals surface area contributed by atoms with E-state index >= 15 is 0 Å². The van der Waals surface area contributed by atoms with Gasteiger partial charge in [-0.3, -0.25) is 4.79 Å². The highest BCUT2D eigenvalue weighted by molar-refractivity contribution is 5.79. The molecule has 3 rings (SSSR count). The Hall–Kier alpha value is -2.30. The van der Waals surface area contributed by atoms with Crippen LogP contribution in [0.15, 0.2) is 43.0 Å². The summed E-state index contributed by atoms with van der Waals surface area (Å²) >= 11 is 0. The van der Waals surface area contributed by atoms with Crippen LogP contribution in [0.5, 0.6) is 5.75 Å². The van der Waals surface area contributed by atoms with Crippen LogP contribution in [-0.4, -0.2) is 28.1 Å². The predicted molar refractivity (Wildman–Crippen MR) is 79.1 cm³/mol. The zero-order chi connectivity index (χ0) is 14.7. The number of nitrogens with zero attached hydrogens (tertiary/aromatic N) is 2. The molecule has 2 aromatic rings. The van der Waals surface area contributed by atoms with E-state index in [1.807, 2.05) is 25.1 Å². The SMILES string of the molecule is C[C@@H](C(=O)NC[C@H]1CCc2ccccc2O1)n1ccnc1. The first kappa shape index (κ1) is 13.7. The number of aryl methyl sites for hydroxylation is 1. The van der Waals surface area contributed by atoms with Crippen molar-refractivity contribution < 1.29 is 9.53 Å². The average molecular weight is 285 g/mol. The van der Waals surface area contributed by atoms with Crippen molar-refractivity contribution >= 4 is 5.91 Å². The van der Waals surface area contributed by atoms with Crippen LogP contribution < -0.4 is 10.1 Å². The topological polar surface area (TPSA) is 56.1 Å². The fraction of sp³-hybridized carbons (Fsp3) is 0.375. The van der Waals surface area contributed by atoms with E-state index in [0.29, 0.717) is 6.54 Å². The molecular weight excluding hydrogens is 266 g/mol. The van der Waals surface area contributed by atoms with E-state index in [2.05, 4.69) is 16.4 Å². The van der Waals surface area contributed by atoms with Gasteiger partial charge in [-0.15, -0.1) is 0 Å². The van der Waals surface area contributed by atoms with Gasteiger partial charge in [-0.1, -0.05) is 18.2 Å². The van der Waals surface area contributed by atoms with Crippen molar-refractivity contribution in [2.24, 2.45) is 0 Å². The van der Waals surface area contributed by atoms with Crippen LogP contribution in [0.25, 0.3) is 0 Å². The lowest BCUT2D eigenvalue weighted by Gasteiger charge is -2.26. The van der Waals surface area contributed by atoms with Crippen LogP contribution in [0, 0.1) is 0 Å². The zero-order valence-electron chi connectivity index (χ0n) is 12.0. The predicted octanol–water partition coefficient (Wildman–Crippen LogP) is 1.95. The summed E-state index contributed by atoms with van der Waals surface area (Å²) in [6.07, 6.45) is 7.07. The monoisotopic (exact) mass is 285 g/mol. The van der Waals surface area contributed by atoms with Gasteiger partial charge in [0.2, 0.25) is 5.91 Å². The van der Waals surface area contributed by atoms with Gasteiger partial charge >= 0.3 is 0 Å². The third kappa shape index (κ3) is 3.07. The molecule has 21 heavy (non-hydrogen) atoms. The smallest absolute Gasteiger partial charge is 0.242 e. The van der Waals surface area contributed by atoms with Crippen LogP contribution in [0.2, 0.25) is 0 Å². The van der Waals surface area contributed by atoms with Crippen molar-refractivity contribution in [2.75, 3.05) is 6.54 Å². The van der Waals surface area contributed by atoms with Gasteiger partial charge in [0, 0.05) is 12.4 Å². The Morgan fingerprint density at radius 3 is 3.19 bits per heavy atom. The maximum absolute atomic E-state index is 12.1. The van der Waals surface area contributed by atoms with Crippen molar-refractivity contribution in [1.29, 1.82) is 0 Å². The molecule has 5 heteroatoms. The van der Waals surface area contributed by atoms with Crippen molar-refractivity contribution in [3.05, 3.63) is 48.5 Å². The Morgan fingerprint density at radius 2 is 2.38 bits per heavy atom. The lowest BCUT2D eigenvalue weighted by molar-refractivity contribution is -0.124. The van der Waals surface area contributed by atoms with Crippen molar-refractivity contribution in [3.8, 4) is 5.75 Å². The molecule has 1 aromatic heterocycles. The molecular formula is C16H19N3O2. The van der Waals surface area contributed by atoms with Gasteiger partial charge in [0.25, 0.3) is 0 Å². The summed E-state index contributed by atoms with van der Waals surface area (Å²) in [7, 11) is 0. The Kier molecular flexibility index (Phi) is 3.90. The summed E-state index contributed by atoms with van der Waals surface area (Å²) in [6.45, 7) is 2.39. The van der Waals surface area contributed by atoms with Crippen LogP contribution >= 0.6 is 0 Å². The number of amides is 1. The lowest BCUT2D eigenvalue weighted by Crippen LogP contribution is -2.39. The normalized spacial score (nSPS) is 18.4. The molecule has 0 radical (unpaired) electrons. The number of hydrogen-bond acceptors (Lipinski definition) is 3. The molecule has 2 heterocycles. The molecule has 1 aromatic carbocycles. The maximum Gasteiger partial charge on any atom is 0.242 e. The third-order valence-corrected chi connectivity index (χ3v) is 3.86. The van der Waals surface area contributed by atoms with E-state index < -0.39 is 0 Å². The summed E-state index contributed by atoms with van der Waals surface area (Å²) in [6, 6.07) is 7.81. The van der Waals surface area contributed by atoms with Gasteiger partial charge in [0.05, 0.1) is 12.9 Å². The van der Waals surface area contributed by atoms with E-state index in [-0.39, 0.29) is 18.1 Å². The molecule has 0 spiro atoms. The largest absolute Gasteiger partial charge is 0.488 e. The number of rotatable bonds is 4. The second-order valence-corrected chi connectivity index (χ2v) is 5.32. The molecule has 1 aliphatic heterocycles. The second kappa shape index (κ2) is 5.99. The van der Waals surface area contributed by atoms with Crippen LogP contribution in [-0.2, 0) is 11.2 Å². The third-order valence-electron chi connectivity index (χ3n) is 3.86. The average Bonchev–Trinajstić information content (AvgIpc) is 3.06. The molecule has 0 saturated carbocycles. The molecule has 1 N–H and O–H groups in total.